The molecule has 1 amide bonds. The molecule has 0 aliphatic rings. The Bertz CT molecular complexity index is 964. The van der Waals surface area contributed by atoms with Gasteiger partial charge in [0.25, 0.3) is 5.56 Å². The van der Waals surface area contributed by atoms with E-state index in [1.165, 1.54) is 29.8 Å². The van der Waals surface area contributed by atoms with E-state index < -0.39 is 18.0 Å². The molecule has 3 rings (SSSR count). The minimum Gasteiger partial charge on any atom is -0.406 e. The van der Waals surface area contributed by atoms with Crippen molar-refractivity contribution in [2.24, 2.45) is 0 Å². The van der Waals surface area contributed by atoms with Crippen molar-refractivity contribution in [3.63, 3.8) is 0 Å². The molecule has 2 heterocycles. The van der Waals surface area contributed by atoms with Crippen LogP contribution in [0.1, 0.15) is 0 Å². The molecule has 0 bridgehead atoms. The number of nitrogens with one attached hydrogen (secondary N) is 1. The van der Waals surface area contributed by atoms with E-state index in [1.54, 1.807) is 11.4 Å². The summed E-state index contributed by atoms with van der Waals surface area (Å²) in [5.41, 5.74) is -0.0625. The highest BCUT2D eigenvalue weighted by molar-refractivity contribution is 7.16. The van der Waals surface area contributed by atoms with Crippen LogP contribution in [0, 0.1) is 0 Å². The Kier molecular flexibility index (Phi) is 4.45. The Labute approximate surface area is 142 Å². The topological polar surface area (TPSA) is 73.2 Å². The molecular weight excluding hydrogens is 359 g/mol. The number of amides is 1. The lowest BCUT2D eigenvalue weighted by molar-refractivity contribution is -0.274. The quantitative estimate of drug-likeness (QED) is 0.767. The summed E-state index contributed by atoms with van der Waals surface area (Å²) in [6, 6.07) is 6.32. The lowest BCUT2D eigenvalue weighted by Gasteiger charge is -2.10. The van der Waals surface area contributed by atoms with E-state index in [1.807, 2.05) is 0 Å². The maximum atomic E-state index is 12.2. The fraction of sp³-hybridized carbons (Fsp3) is 0.133. The Balaban J connectivity index is 1.67. The number of rotatable bonds is 4. The first-order chi connectivity index (χ1) is 11.8. The van der Waals surface area contributed by atoms with Crippen LogP contribution in [0.4, 0.5) is 18.9 Å². The maximum Gasteiger partial charge on any atom is 0.573 e. The molecule has 0 saturated heterocycles. The third-order valence-corrected chi connectivity index (χ3v) is 3.96. The fourth-order valence-electron chi connectivity index (χ4n) is 2.10. The van der Waals surface area contributed by atoms with Gasteiger partial charge >= 0.3 is 6.36 Å². The summed E-state index contributed by atoms with van der Waals surface area (Å²) in [6.45, 7) is -0.265. The number of alkyl halides is 3. The van der Waals surface area contributed by atoms with Gasteiger partial charge in [-0.2, -0.15) is 0 Å². The number of fused-ring (bicyclic) bond motifs is 1. The Morgan fingerprint density at radius 2 is 1.96 bits per heavy atom. The summed E-state index contributed by atoms with van der Waals surface area (Å²) in [5, 5.41) is 4.64. The van der Waals surface area contributed by atoms with E-state index in [9.17, 15) is 22.8 Å². The average molecular weight is 369 g/mol. The molecule has 6 nitrogen and oxygen atoms in total. The number of nitrogens with zero attached hydrogens (tertiary/aromatic N) is 2. The molecule has 2 aromatic heterocycles. The molecule has 0 spiro atoms. The Morgan fingerprint density at radius 1 is 1.24 bits per heavy atom. The van der Waals surface area contributed by atoms with E-state index in [0.717, 1.165) is 16.7 Å². The van der Waals surface area contributed by atoms with Crippen molar-refractivity contribution in [3.05, 3.63) is 52.4 Å². The van der Waals surface area contributed by atoms with E-state index in [-0.39, 0.29) is 17.8 Å². The van der Waals surface area contributed by atoms with Gasteiger partial charge in [0.1, 0.15) is 17.1 Å². The van der Waals surface area contributed by atoms with Gasteiger partial charge in [-0.1, -0.05) is 0 Å². The largest absolute Gasteiger partial charge is 0.573 e. The standard InChI is InChI=1S/C15H10F3N3O3S/c16-15(17,18)24-10-3-1-9(2-4-10)20-12(22)7-21-8-19-13-11(14(21)23)5-6-25-13/h1-6,8H,7H2,(H,20,22). The molecular formula is C15H10F3N3O3S. The predicted molar refractivity (Wildman–Crippen MR) is 85.6 cm³/mol. The smallest absolute Gasteiger partial charge is 0.406 e. The monoisotopic (exact) mass is 369 g/mol. The van der Waals surface area contributed by atoms with Gasteiger partial charge < -0.3 is 10.1 Å². The summed E-state index contributed by atoms with van der Waals surface area (Å²) in [7, 11) is 0. The van der Waals surface area contributed by atoms with Crippen LogP contribution in [0.15, 0.2) is 46.8 Å². The molecule has 130 valence electrons. The van der Waals surface area contributed by atoms with E-state index in [2.05, 4.69) is 15.0 Å². The summed E-state index contributed by atoms with van der Waals surface area (Å²) >= 11 is 1.32. The van der Waals surface area contributed by atoms with Crippen LogP contribution >= 0.6 is 11.3 Å². The number of carbonyl (C=O) groups excluding carboxylic acids is 1. The molecule has 1 aromatic carbocycles. The van der Waals surface area contributed by atoms with Crippen LogP contribution in [0.25, 0.3) is 10.2 Å². The van der Waals surface area contributed by atoms with E-state index >= 15 is 0 Å². The molecule has 0 unspecified atom stereocenters. The molecule has 0 saturated carbocycles. The molecule has 0 aliphatic heterocycles. The molecule has 0 fully saturated rings. The van der Waals surface area contributed by atoms with Crippen molar-refractivity contribution in [2.75, 3.05) is 5.32 Å². The van der Waals surface area contributed by atoms with Crippen molar-refractivity contribution < 1.29 is 22.7 Å². The average Bonchev–Trinajstić information content (AvgIpc) is 3.00. The molecule has 0 radical (unpaired) electrons. The molecule has 1 N–H and O–H groups in total. The van der Waals surface area contributed by atoms with Gasteiger partial charge in [0.05, 0.1) is 11.7 Å². The van der Waals surface area contributed by atoms with Gasteiger partial charge in [0.15, 0.2) is 0 Å². The summed E-state index contributed by atoms with van der Waals surface area (Å²) in [4.78, 5) is 28.9. The lowest BCUT2D eigenvalue weighted by atomic mass is 10.3. The number of hydrogen-bond donors (Lipinski definition) is 1. The third kappa shape index (κ3) is 4.15. The second-order valence-corrected chi connectivity index (χ2v) is 5.83. The molecule has 0 aliphatic carbocycles. The zero-order valence-electron chi connectivity index (χ0n) is 12.4. The van der Waals surface area contributed by atoms with Crippen LogP contribution in [0.2, 0.25) is 0 Å². The highest BCUT2D eigenvalue weighted by Crippen LogP contribution is 2.23. The van der Waals surface area contributed by atoms with Crippen LogP contribution in [0.3, 0.4) is 0 Å². The zero-order chi connectivity index (χ0) is 18.0. The Hall–Kier alpha value is -2.88. The minimum atomic E-state index is -4.78. The van der Waals surface area contributed by atoms with Crippen LogP contribution in [0.5, 0.6) is 5.75 Å². The maximum absolute atomic E-state index is 12.2. The van der Waals surface area contributed by atoms with Crippen LogP contribution in [-0.2, 0) is 11.3 Å². The summed E-state index contributed by atoms with van der Waals surface area (Å²) in [5.74, 6) is -0.906. The molecule has 25 heavy (non-hydrogen) atoms. The van der Waals surface area contributed by atoms with Crippen molar-refractivity contribution in [3.8, 4) is 5.75 Å². The first kappa shape index (κ1) is 17.0. The third-order valence-electron chi connectivity index (χ3n) is 3.14. The van der Waals surface area contributed by atoms with Gasteiger partial charge in [-0.05, 0) is 35.7 Å². The number of ether oxygens (including phenoxy) is 1. The molecule has 10 heteroatoms. The SMILES string of the molecule is O=C(Cn1cnc2sccc2c1=O)Nc1ccc(OC(F)(F)F)cc1. The normalized spacial score (nSPS) is 11.5. The van der Waals surface area contributed by atoms with Crippen LogP contribution in [-0.4, -0.2) is 21.8 Å². The van der Waals surface area contributed by atoms with Gasteiger partial charge in [0, 0.05) is 5.69 Å². The van der Waals surface area contributed by atoms with Gasteiger partial charge in [-0.25, -0.2) is 4.98 Å². The van der Waals surface area contributed by atoms with Crippen molar-refractivity contribution in [1.29, 1.82) is 0 Å². The number of aromatic nitrogens is 2. The van der Waals surface area contributed by atoms with Crippen LogP contribution < -0.4 is 15.6 Å². The second kappa shape index (κ2) is 6.55. The fourth-order valence-corrected chi connectivity index (χ4v) is 2.82. The number of anilines is 1. The molecule has 3 aromatic rings. The van der Waals surface area contributed by atoms with E-state index in [4.69, 9.17) is 0 Å². The van der Waals surface area contributed by atoms with Gasteiger partial charge in [0.2, 0.25) is 5.91 Å². The van der Waals surface area contributed by atoms with Crippen molar-refractivity contribution >= 4 is 33.1 Å². The summed E-state index contributed by atoms with van der Waals surface area (Å²) in [6.07, 6.45) is -3.50. The molecule has 0 atom stereocenters. The highest BCUT2D eigenvalue weighted by Gasteiger charge is 2.30. The van der Waals surface area contributed by atoms with Gasteiger partial charge in [-0.3, -0.25) is 14.2 Å². The number of halogens is 3. The minimum absolute atomic E-state index is 0.265. The predicted octanol–water partition coefficient (Wildman–Crippen LogP) is 3.00. The Morgan fingerprint density at radius 3 is 2.64 bits per heavy atom. The first-order valence-electron chi connectivity index (χ1n) is 6.90. The number of benzene rings is 1. The number of carbonyl (C=O) groups is 1. The number of thiophene rings is 1. The lowest BCUT2D eigenvalue weighted by Crippen LogP contribution is -2.27. The van der Waals surface area contributed by atoms with Crippen molar-refractivity contribution in [2.45, 2.75) is 12.9 Å². The van der Waals surface area contributed by atoms with Gasteiger partial charge in [-0.15, -0.1) is 24.5 Å². The highest BCUT2D eigenvalue weighted by atomic mass is 32.1. The van der Waals surface area contributed by atoms with Crippen molar-refractivity contribution in [1.82, 2.24) is 9.55 Å². The second-order valence-electron chi connectivity index (χ2n) is 4.94. The summed E-state index contributed by atoms with van der Waals surface area (Å²) < 4.78 is 41.2. The number of hydrogen-bond acceptors (Lipinski definition) is 5. The van der Waals surface area contributed by atoms with E-state index in [0.29, 0.717) is 10.2 Å². The zero-order valence-corrected chi connectivity index (χ0v) is 13.2. The first-order valence-corrected chi connectivity index (χ1v) is 7.78.